The van der Waals surface area contributed by atoms with Crippen LogP contribution in [0.25, 0.3) is 27.9 Å². The molecular formula is C28H34N6. The lowest BCUT2D eigenvalue weighted by molar-refractivity contribution is 0.303. The van der Waals surface area contributed by atoms with Crippen LogP contribution in [0.3, 0.4) is 0 Å². The van der Waals surface area contributed by atoms with E-state index in [1.54, 1.807) is 6.33 Å². The average molecular weight is 455 g/mol. The Morgan fingerprint density at radius 3 is 2.68 bits per heavy atom. The van der Waals surface area contributed by atoms with Crippen molar-refractivity contribution in [3.8, 4) is 17.3 Å². The van der Waals surface area contributed by atoms with Crippen molar-refractivity contribution in [3.05, 3.63) is 47.0 Å². The quantitative estimate of drug-likeness (QED) is 0.319. The lowest BCUT2D eigenvalue weighted by atomic mass is 9.78. The minimum atomic E-state index is 0.341. The van der Waals surface area contributed by atoms with E-state index in [9.17, 15) is 0 Å². The smallest absolute Gasteiger partial charge is 0.158 e. The second-order valence-electron chi connectivity index (χ2n) is 10.3. The molecule has 34 heavy (non-hydrogen) atoms. The standard InChI is InChI=1S/C28H34N6/c1-17(2)25-26(22-15-34-28(30-16-31-34)19(4)18(22)3)33-24-13-12-23(32-27(24)25)21-10-8-20(9-11-21)7-5-6-14-29/h12-13,15-17,20-21,33H,5-11H2,1-4H3. The second-order valence-corrected chi connectivity index (χ2v) is 10.3. The first kappa shape index (κ1) is 22.6. The molecule has 0 amide bonds. The van der Waals surface area contributed by atoms with Crippen molar-refractivity contribution in [2.75, 3.05) is 0 Å². The molecule has 1 saturated carbocycles. The van der Waals surface area contributed by atoms with Crippen LogP contribution >= 0.6 is 0 Å². The molecule has 0 radical (unpaired) electrons. The largest absolute Gasteiger partial charge is 0.353 e. The number of pyridine rings is 2. The predicted molar refractivity (Wildman–Crippen MR) is 136 cm³/mol. The normalized spacial score (nSPS) is 18.7. The van der Waals surface area contributed by atoms with Crippen molar-refractivity contribution in [2.45, 2.75) is 84.5 Å². The summed E-state index contributed by atoms with van der Waals surface area (Å²) in [6.07, 6.45) is 11.5. The van der Waals surface area contributed by atoms with Gasteiger partial charge >= 0.3 is 0 Å². The van der Waals surface area contributed by atoms with E-state index in [1.807, 2.05) is 4.52 Å². The maximum atomic E-state index is 8.81. The van der Waals surface area contributed by atoms with Gasteiger partial charge in [-0.05, 0) is 87.5 Å². The molecule has 176 valence electrons. The van der Waals surface area contributed by atoms with Gasteiger partial charge in [-0.2, -0.15) is 10.4 Å². The SMILES string of the molecule is Cc1c(-c2[nH]c3ccc(C4CCC(CCCC#N)CC4)nc3c2C(C)C)cn2ncnc2c1C. The molecule has 4 aromatic heterocycles. The monoisotopic (exact) mass is 454 g/mol. The molecule has 4 heterocycles. The summed E-state index contributed by atoms with van der Waals surface area (Å²) in [5, 5.41) is 13.2. The van der Waals surface area contributed by atoms with E-state index in [0.717, 1.165) is 45.8 Å². The Labute approximate surface area is 201 Å². The number of H-pyrrole nitrogens is 1. The summed E-state index contributed by atoms with van der Waals surface area (Å²) < 4.78 is 1.88. The fourth-order valence-electron chi connectivity index (χ4n) is 5.77. The van der Waals surface area contributed by atoms with Crippen molar-refractivity contribution in [1.82, 2.24) is 24.6 Å². The Hall–Kier alpha value is -3.20. The van der Waals surface area contributed by atoms with Gasteiger partial charge in [0.25, 0.3) is 0 Å². The molecule has 6 nitrogen and oxygen atoms in total. The molecule has 4 aromatic rings. The number of nitrogens with zero attached hydrogens (tertiary/aromatic N) is 5. The number of rotatable bonds is 6. The molecule has 6 heteroatoms. The molecule has 1 aliphatic rings. The molecule has 0 atom stereocenters. The number of unbranched alkanes of at least 4 members (excludes halogenated alkanes) is 1. The van der Waals surface area contributed by atoms with Gasteiger partial charge in [-0.15, -0.1) is 0 Å². The molecule has 0 unspecified atom stereocenters. The van der Waals surface area contributed by atoms with Crippen LogP contribution in [-0.4, -0.2) is 24.6 Å². The van der Waals surface area contributed by atoms with Gasteiger partial charge in [-0.25, -0.2) is 9.50 Å². The summed E-state index contributed by atoms with van der Waals surface area (Å²) in [6.45, 7) is 8.79. The van der Waals surface area contributed by atoms with Crippen molar-refractivity contribution >= 4 is 16.7 Å². The maximum Gasteiger partial charge on any atom is 0.158 e. The molecule has 1 N–H and O–H groups in total. The lowest BCUT2D eigenvalue weighted by Gasteiger charge is -2.28. The van der Waals surface area contributed by atoms with Crippen molar-refractivity contribution in [1.29, 1.82) is 5.26 Å². The fraction of sp³-hybridized carbons (Fsp3) is 0.500. The van der Waals surface area contributed by atoms with Gasteiger partial charge in [0.05, 0.1) is 22.8 Å². The van der Waals surface area contributed by atoms with Crippen LogP contribution in [0.4, 0.5) is 0 Å². The summed E-state index contributed by atoms with van der Waals surface area (Å²) in [5.74, 6) is 1.65. The number of aromatic amines is 1. The van der Waals surface area contributed by atoms with Gasteiger partial charge in [0, 0.05) is 35.4 Å². The number of fused-ring (bicyclic) bond motifs is 2. The third-order valence-electron chi connectivity index (χ3n) is 7.84. The van der Waals surface area contributed by atoms with E-state index in [0.29, 0.717) is 18.3 Å². The van der Waals surface area contributed by atoms with Crippen LogP contribution in [-0.2, 0) is 0 Å². The number of hydrogen-bond donors (Lipinski definition) is 1. The topological polar surface area (TPSA) is 82.7 Å². The van der Waals surface area contributed by atoms with Crippen LogP contribution in [0.15, 0.2) is 24.7 Å². The van der Waals surface area contributed by atoms with Crippen LogP contribution in [0, 0.1) is 31.1 Å². The van der Waals surface area contributed by atoms with Crippen LogP contribution < -0.4 is 0 Å². The van der Waals surface area contributed by atoms with E-state index in [2.05, 4.69) is 67.2 Å². The van der Waals surface area contributed by atoms with E-state index in [-0.39, 0.29) is 0 Å². The Kier molecular flexibility index (Phi) is 6.12. The number of hydrogen-bond acceptors (Lipinski definition) is 4. The first-order chi connectivity index (χ1) is 16.5. The van der Waals surface area contributed by atoms with Gasteiger partial charge in [0.2, 0.25) is 0 Å². The molecule has 0 aromatic carbocycles. The third-order valence-corrected chi connectivity index (χ3v) is 7.84. The minimum absolute atomic E-state index is 0.341. The Morgan fingerprint density at radius 2 is 1.94 bits per heavy atom. The molecule has 0 bridgehead atoms. The van der Waals surface area contributed by atoms with Crippen molar-refractivity contribution < 1.29 is 0 Å². The van der Waals surface area contributed by atoms with Gasteiger partial charge in [-0.3, -0.25) is 4.98 Å². The number of aryl methyl sites for hydroxylation is 1. The summed E-state index contributed by atoms with van der Waals surface area (Å²) in [7, 11) is 0. The van der Waals surface area contributed by atoms with Crippen LogP contribution in [0.5, 0.6) is 0 Å². The number of nitriles is 1. The Balaban J connectivity index is 1.49. The highest BCUT2D eigenvalue weighted by molar-refractivity contribution is 5.89. The maximum absolute atomic E-state index is 8.81. The zero-order chi connectivity index (χ0) is 23.8. The molecule has 0 aliphatic heterocycles. The highest BCUT2D eigenvalue weighted by Crippen LogP contribution is 2.40. The Morgan fingerprint density at radius 1 is 1.15 bits per heavy atom. The molecule has 1 aliphatic carbocycles. The molecule has 0 spiro atoms. The summed E-state index contributed by atoms with van der Waals surface area (Å²) in [5.41, 5.74) is 10.3. The first-order valence-corrected chi connectivity index (χ1v) is 12.7. The van der Waals surface area contributed by atoms with Crippen LogP contribution in [0.2, 0.25) is 0 Å². The number of nitrogens with one attached hydrogen (secondary N) is 1. The zero-order valence-corrected chi connectivity index (χ0v) is 20.7. The van der Waals surface area contributed by atoms with E-state index in [1.165, 1.54) is 48.9 Å². The van der Waals surface area contributed by atoms with E-state index in [4.69, 9.17) is 10.2 Å². The molecule has 5 rings (SSSR count). The van der Waals surface area contributed by atoms with Gasteiger partial charge < -0.3 is 4.98 Å². The second kappa shape index (κ2) is 9.21. The molecular weight excluding hydrogens is 420 g/mol. The van der Waals surface area contributed by atoms with Gasteiger partial charge in [0.1, 0.15) is 6.33 Å². The van der Waals surface area contributed by atoms with Crippen molar-refractivity contribution in [2.24, 2.45) is 5.92 Å². The van der Waals surface area contributed by atoms with Crippen LogP contribution in [0.1, 0.15) is 93.0 Å². The van der Waals surface area contributed by atoms with E-state index < -0.39 is 0 Å². The number of aromatic nitrogens is 5. The predicted octanol–water partition coefficient (Wildman–Crippen LogP) is 6.98. The Bertz CT molecular complexity index is 1360. The lowest BCUT2D eigenvalue weighted by Crippen LogP contribution is -2.14. The summed E-state index contributed by atoms with van der Waals surface area (Å²) in [6, 6.07) is 6.73. The van der Waals surface area contributed by atoms with Gasteiger partial charge in [0.15, 0.2) is 5.65 Å². The van der Waals surface area contributed by atoms with Crippen molar-refractivity contribution in [3.63, 3.8) is 0 Å². The molecule has 1 fully saturated rings. The highest BCUT2D eigenvalue weighted by atomic mass is 15.3. The molecule has 0 saturated heterocycles. The first-order valence-electron chi connectivity index (χ1n) is 12.7. The third kappa shape index (κ3) is 3.98. The average Bonchev–Trinajstić information content (AvgIpc) is 3.46. The summed E-state index contributed by atoms with van der Waals surface area (Å²) in [4.78, 5) is 13.4. The fourth-order valence-corrected chi connectivity index (χ4v) is 5.77. The minimum Gasteiger partial charge on any atom is -0.353 e. The van der Waals surface area contributed by atoms with E-state index >= 15 is 0 Å². The summed E-state index contributed by atoms with van der Waals surface area (Å²) >= 11 is 0. The zero-order valence-electron chi connectivity index (χ0n) is 20.7. The van der Waals surface area contributed by atoms with Gasteiger partial charge in [-0.1, -0.05) is 13.8 Å². The highest BCUT2D eigenvalue weighted by Gasteiger charge is 2.25.